The summed E-state index contributed by atoms with van der Waals surface area (Å²) in [6.45, 7) is 3.07. The third-order valence-electron chi connectivity index (χ3n) is 21.2. The van der Waals surface area contributed by atoms with Crippen LogP contribution in [0.15, 0.2) is 122 Å². The predicted molar refractivity (Wildman–Crippen MR) is 385 cm³/mol. The molecule has 12 atom stereocenters. The fourth-order valence-corrected chi connectivity index (χ4v) is 14.8. The molecule has 2 aliphatic carbocycles. The highest BCUT2D eigenvalue weighted by Gasteiger charge is 2.48. The molecule has 564 valence electrons. The van der Waals surface area contributed by atoms with Gasteiger partial charge in [0.05, 0.1) is 36.6 Å². The lowest BCUT2D eigenvalue weighted by atomic mass is 9.83. The number of hydrogen-bond acceptors (Lipinski definition) is 18. The highest BCUT2D eigenvalue weighted by atomic mass is 16.5. The number of rotatable bonds is 16. The lowest BCUT2D eigenvalue weighted by Gasteiger charge is -2.35. The summed E-state index contributed by atoms with van der Waals surface area (Å²) >= 11 is 0. The average molecular weight is 1460 g/mol. The highest BCUT2D eigenvalue weighted by Crippen LogP contribution is 2.35. The Bertz CT molecular complexity index is 3780. The molecule has 6 aromatic rings. The standard InChI is InChI=1S/C76H96N16O14/c1-45(77-3)67(93)83-65(51-21-13-7-14-22-51)73(99)89-41-55-37-63(89)71(97)79-59(33-47-17-9-5-10-18-47)69(95)81-61(75(101)102)35-49-27-31-58(32-28-49)106-44-54-40-92(88-86-54)56-38-64(90(42-56)74(100)66(52-23-15-8-16-24-52)84-68(94)46(2)78-4)72(98)80-60(34-48-19-11-6-12-20-48)70(96)82-62(76(103)104)36-50-25-29-57(30-26-50)105-43-53-39-91(55)87-85-53/h5-6,9-12,17-20,25-32,39-40,45-46,51-52,55-56,59-66,77-78H,7-8,13-16,21-24,33-38,41-44H2,1-4H3,(H,79,97)(H,80,98)(H,81,95)(H,82,96)(H,83,93)(H,84,94)(H,101,102)(H,103,104)/t45-,46-,55-,56-,59-,60-,61-,62-,63-,64-,65+,66+/m0/s1. The number of likely N-dealkylation sites (tertiary alicyclic amines) is 2. The molecule has 30 heteroatoms. The maximum Gasteiger partial charge on any atom is 0.326 e. The van der Waals surface area contributed by atoms with Crippen LogP contribution in [0.2, 0.25) is 0 Å². The fourth-order valence-electron chi connectivity index (χ4n) is 14.8. The first-order valence-corrected chi connectivity index (χ1v) is 36.7. The summed E-state index contributed by atoms with van der Waals surface area (Å²) in [6.07, 6.45) is 10.7. The summed E-state index contributed by atoms with van der Waals surface area (Å²) in [5.74, 6) is -7.17. The van der Waals surface area contributed by atoms with Crippen LogP contribution in [0.5, 0.6) is 11.5 Å². The fraction of sp³-hybridized carbons (Fsp3) is 0.500. The molecule has 2 saturated heterocycles. The topological polar surface area (TPSA) is 394 Å². The summed E-state index contributed by atoms with van der Waals surface area (Å²) in [6, 6.07) is 18.2. The molecule has 30 nitrogen and oxygen atoms in total. The van der Waals surface area contributed by atoms with Crippen molar-refractivity contribution < 1.29 is 67.6 Å². The van der Waals surface area contributed by atoms with E-state index in [4.69, 9.17) is 9.47 Å². The zero-order valence-corrected chi connectivity index (χ0v) is 60.1. The summed E-state index contributed by atoms with van der Waals surface area (Å²) in [7, 11) is 3.28. The Hall–Kier alpha value is -10.6. The minimum Gasteiger partial charge on any atom is -0.487 e. The lowest BCUT2D eigenvalue weighted by Crippen LogP contribution is -2.60. The monoisotopic (exact) mass is 1460 g/mol. The van der Waals surface area contributed by atoms with Crippen molar-refractivity contribution in [3.63, 3.8) is 0 Å². The van der Waals surface area contributed by atoms with Crippen molar-refractivity contribution in [2.45, 2.75) is 202 Å². The lowest BCUT2D eigenvalue weighted by molar-refractivity contribution is -0.144. The molecule has 12 bridgehead atoms. The Morgan fingerprint density at radius 2 is 0.868 bits per heavy atom. The summed E-state index contributed by atoms with van der Waals surface area (Å²) in [5.41, 5.74) is 3.06. The largest absolute Gasteiger partial charge is 0.487 e. The molecular formula is C76H96N16O14. The number of carboxylic acid groups (broad SMARTS) is 2. The van der Waals surface area contributed by atoms with Crippen LogP contribution in [-0.4, -0.2) is 197 Å². The van der Waals surface area contributed by atoms with Gasteiger partial charge in [-0.05, 0) is 112 Å². The Morgan fingerprint density at radius 1 is 0.500 bits per heavy atom. The number of nitrogens with one attached hydrogen (secondary N) is 8. The molecule has 0 unspecified atom stereocenters. The Kier molecular flexibility index (Phi) is 25.9. The number of likely N-dealkylation sites (N-methyl/N-ethyl adjacent to an activating group) is 2. The van der Waals surface area contributed by atoms with Crippen molar-refractivity contribution in [3.05, 3.63) is 155 Å². The zero-order chi connectivity index (χ0) is 75.0. The number of carbonyl (C=O) groups is 10. The number of hydrogen-bond donors (Lipinski definition) is 10. The Morgan fingerprint density at radius 3 is 1.22 bits per heavy atom. The van der Waals surface area contributed by atoms with Crippen LogP contribution in [0.3, 0.4) is 0 Å². The molecule has 0 radical (unpaired) electrons. The first-order chi connectivity index (χ1) is 51.2. The first-order valence-electron chi connectivity index (χ1n) is 36.7. The van der Waals surface area contributed by atoms with Gasteiger partial charge in [-0.2, -0.15) is 0 Å². The molecule has 2 saturated carbocycles. The van der Waals surface area contributed by atoms with Gasteiger partial charge in [-0.1, -0.05) is 134 Å². The van der Waals surface area contributed by atoms with Crippen LogP contribution in [-0.2, 0) is 86.8 Å². The SMILES string of the molecule is CN[C@@H](C)C(=O)N[C@@H](C(=O)N1C[C@@H]2C[C@H]1C(=O)N[C@@H](Cc1ccccc1)C(=O)N[C@H](C(=O)O)Cc1ccc(cc1)OCc1cn(nn1)[C@H]1C[C@@H](C(=O)N[C@@H](Cc3ccccc3)C(=O)N[C@H](C(=O)O)Cc3ccc(cc3)OCc3cn2nn3)N(C(=O)[C@H](NC(=O)[C@H](C)NC)C2CCCCC2)C1)C1CCCCC1. The second-order valence-corrected chi connectivity index (χ2v) is 28.5. The minimum absolute atomic E-state index is 0.00110. The van der Waals surface area contributed by atoms with Crippen LogP contribution in [0.4, 0.5) is 0 Å². The summed E-state index contributed by atoms with van der Waals surface area (Å²) < 4.78 is 15.4. The number of benzene rings is 4. The van der Waals surface area contributed by atoms with Crippen LogP contribution < -0.4 is 52.0 Å². The number of carbonyl (C=O) groups excluding carboxylic acids is 8. The molecule has 8 amide bonds. The summed E-state index contributed by atoms with van der Waals surface area (Å²) in [5, 5.41) is 62.1. The molecule has 2 aromatic heterocycles. The van der Waals surface area contributed by atoms with Gasteiger partial charge < -0.3 is 72.0 Å². The second-order valence-electron chi connectivity index (χ2n) is 28.5. The van der Waals surface area contributed by atoms with Crippen molar-refractivity contribution in [3.8, 4) is 11.5 Å². The molecule has 0 spiro atoms. The van der Waals surface area contributed by atoms with E-state index < -0.39 is 132 Å². The quantitative estimate of drug-likeness (QED) is 0.0665. The van der Waals surface area contributed by atoms with E-state index in [2.05, 4.69) is 63.2 Å². The van der Waals surface area contributed by atoms with Crippen LogP contribution in [0, 0.1) is 11.8 Å². The van der Waals surface area contributed by atoms with Crippen LogP contribution >= 0.6 is 0 Å². The van der Waals surface area contributed by atoms with E-state index in [-0.39, 0.29) is 76.7 Å². The molecule has 6 aliphatic heterocycles. The van der Waals surface area contributed by atoms with Crippen molar-refractivity contribution in [1.82, 2.24) is 82.3 Å². The van der Waals surface area contributed by atoms with Crippen LogP contribution in [0.25, 0.3) is 0 Å². The molecule has 8 heterocycles. The van der Waals surface area contributed by atoms with E-state index in [0.29, 0.717) is 70.8 Å². The molecule has 106 heavy (non-hydrogen) atoms. The number of nitrogens with zero attached hydrogens (tertiary/aromatic N) is 8. The van der Waals surface area contributed by atoms with Gasteiger partial charge >= 0.3 is 11.9 Å². The van der Waals surface area contributed by atoms with Crippen molar-refractivity contribution in [2.24, 2.45) is 11.8 Å². The van der Waals surface area contributed by atoms with Gasteiger partial charge in [-0.3, -0.25) is 38.4 Å². The molecule has 10 N–H and O–H groups in total. The van der Waals surface area contributed by atoms with Gasteiger partial charge in [0.25, 0.3) is 0 Å². The van der Waals surface area contributed by atoms with E-state index >= 15 is 19.2 Å². The molecule has 4 fully saturated rings. The van der Waals surface area contributed by atoms with E-state index in [0.717, 1.165) is 38.5 Å². The van der Waals surface area contributed by atoms with Crippen molar-refractivity contribution in [1.29, 1.82) is 0 Å². The van der Waals surface area contributed by atoms with Gasteiger partial charge in [0.15, 0.2) is 0 Å². The van der Waals surface area contributed by atoms with E-state index in [9.17, 15) is 39.0 Å². The molecule has 14 rings (SSSR count). The molecule has 8 aliphatic rings. The van der Waals surface area contributed by atoms with Gasteiger partial charge in [-0.15, -0.1) is 10.2 Å². The Labute approximate surface area is 614 Å². The second kappa shape index (κ2) is 35.9. The smallest absolute Gasteiger partial charge is 0.326 e. The van der Waals surface area contributed by atoms with Gasteiger partial charge in [0, 0.05) is 51.6 Å². The molecule has 4 aromatic carbocycles. The van der Waals surface area contributed by atoms with E-state index in [1.54, 1.807) is 159 Å². The number of aliphatic carboxylic acids is 2. The van der Waals surface area contributed by atoms with Gasteiger partial charge in [0.1, 0.15) is 84.4 Å². The maximum atomic E-state index is 15.3. The third-order valence-corrected chi connectivity index (χ3v) is 21.2. The predicted octanol–water partition coefficient (Wildman–Crippen LogP) is 3.05. The molecular weight excluding hydrogens is 1360 g/mol. The third kappa shape index (κ3) is 19.7. The van der Waals surface area contributed by atoms with E-state index in [1.807, 2.05) is 0 Å². The minimum atomic E-state index is -1.48. The highest BCUT2D eigenvalue weighted by molar-refractivity contribution is 5.98. The van der Waals surface area contributed by atoms with Crippen LogP contribution in [0.1, 0.15) is 137 Å². The Balaban J connectivity index is 0.899. The van der Waals surface area contributed by atoms with Gasteiger partial charge in [0.2, 0.25) is 47.3 Å². The summed E-state index contributed by atoms with van der Waals surface area (Å²) in [4.78, 5) is 147. The first kappa shape index (κ1) is 76.5. The average Bonchev–Trinajstić information content (AvgIpc) is 1.64. The number of aromatic nitrogens is 6. The maximum absolute atomic E-state index is 15.3. The zero-order valence-electron chi connectivity index (χ0n) is 60.1. The number of amides is 8. The van der Waals surface area contributed by atoms with Crippen molar-refractivity contribution in [2.75, 3.05) is 27.2 Å². The van der Waals surface area contributed by atoms with Gasteiger partial charge in [-0.25, -0.2) is 19.0 Å². The number of carboxylic acids is 2. The van der Waals surface area contributed by atoms with Crippen molar-refractivity contribution >= 4 is 59.2 Å². The number of ether oxygens (including phenoxy) is 2. The van der Waals surface area contributed by atoms with E-state index in [1.165, 1.54) is 9.80 Å². The normalized spacial score (nSPS) is 23.7.